The summed E-state index contributed by atoms with van der Waals surface area (Å²) in [4.78, 5) is 0.625. The van der Waals surface area contributed by atoms with Gasteiger partial charge in [0.05, 0.1) is 17.7 Å². The van der Waals surface area contributed by atoms with E-state index in [1.165, 1.54) is 13.2 Å². The molecule has 0 unspecified atom stereocenters. The van der Waals surface area contributed by atoms with Crippen molar-refractivity contribution in [2.75, 3.05) is 11.8 Å². The van der Waals surface area contributed by atoms with Gasteiger partial charge in [-0.1, -0.05) is 12.1 Å². The van der Waals surface area contributed by atoms with Crippen LogP contribution in [0.15, 0.2) is 45.0 Å². The summed E-state index contributed by atoms with van der Waals surface area (Å²) in [5.41, 5.74) is 0.383. The normalized spacial score (nSPS) is 14.4. The first-order valence-corrected chi connectivity index (χ1v) is 9.96. The fraction of sp³-hybridized carbons (Fsp3) is 0.250. The van der Waals surface area contributed by atoms with Crippen LogP contribution in [0.2, 0.25) is 0 Å². The number of ether oxygens (including phenoxy) is 1. The highest BCUT2D eigenvalue weighted by Crippen LogP contribution is 2.41. The molecule has 0 atom stereocenters. The zero-order valence-corrected chi connectivity index (χ0v) is 14.9. The van der Waals surface area contributed by atoms with Gasteiger partial charge in [-0.25, -0.2) is 8.42 Å². The van der Waals surface area contributed by atoms with Crippen molar-refractivity contribution in [3.8, 4) is 16.5 Å². The molecule has 9 heteroatoms. The molecule has 2 aromatic heterocycles. The Labute approximate surface area is 148 Å². The van der Waals surface area contributed by atoms with Crippen LogP contribution in [0.5, 0.6) is 5.75 Å². The number of nitrogens with one attached hydrogen (secondary N) is 1. The number of rotatable bonds is 6. The van der Waals surface area contributed by atoms with E-state index in [2.05, 4.69) is 14.9 Å². The largest absolute Gasteiger partial charge is 0.495 e. The smallest absolute Gasteiger partial charge is 0.271 e. The van der Waals surface area contributed by atoms with Crippen molar-refractivity contribution < 1.29 is 17.6 Å². The lowest BCUT2D eigenvalue weighted by Crippen LogP contribution is -2.12. The second kappa shape index (κ2) is 6.16. The summed E-state index contributed by atoms with van der Waals surface area (Å²) in [7, 11) is -2.24. The summed E-state index contributed by atoms with van der Waals surface area (Å²) >= 11 is 1.08. The van der Waals surface area contributed by atoms with Crippen LogP contribution in [0.4, 0.5) is 5.69 Å². The Morgan fingerprint density at radius 1 is 1.20 bits per heavy atom. The Hall–Kier alpha value is -2.39. The lowest BCUT2D eigenvalue weighted by molar-refractivity contribution is 0.417. The lowest BCUT2D eigenvalue weighted by Gasteiger charge is -2.10. The van der Waals surface area contributed by atoms with Crippen molar-refractivity contribution in [1.29, 1.82) is 0 Å². The molecule has 4 rings (SSSR count). The minimum absolute atomic E-state index is 0.166. The van der Waals surface area contributed by atoms with Gasteiger partial charge < -0.3 is 9.15 Å². The fourth-order valence-corrected chi connectivity index (χ4v) is 4.63. The first-order valence-electron chi connectivity index (χ1n) is 7.66. The van der Waals surface area contributed by atoms with Crippen molar-refractivity contribution in [2.45, 2.75) is 23.0 Å². The maximum absolute atomic E-state index is 12.6. The number of thiophene rings is 1. The third-order valence-corrected chi connectivity index (χ3v) is 6.71. The van der Waals surface area contributed by atoms with E-state index in [-0.39, 0.29) is 4.21 Å². The van der Waals surface area contributed by atoms with Crippen LogP contribution in [0, 0.1) is 0 Å². The molecule has 2 heterocycles. The van der Waals surface area contributed by atoms with Crippen molar-refractivity contribution in [1.82, 2.24) is 10.2 Å². The molecule has 1 aliphatic carbocycles. The Kier molecular flexibility index (Phi) is 3.97. The molecule has 0 aliphatic heterocycles. The van der Waals surface area contributed by atoms with Gasteiger partial charge in [0.25, 0.3) is 15.9 Å². The van der Waals surface area contributed by atoms with Gasteiger partial charge in [-0.15, -0.1) is 21.5 Å². The van der Waals surface area contributed by atoms with E-state index >= 15 is 0 Å². The first kappa shape index (κ1) is 16.1. The summed E-state index contributed by atoms with van der Waals surface area (Å²) in [5.74, 6) is 1.79. The van der Waals surface area contributed by atoms with Crippen molar-refractivity contribution in [3.63, 3.8) is 0 Å². The Bertz CT molecular complexity index is 1010. The summed E-state index contributed by atoms with van der Waals surface area (Å²) < 4.78 is 38.7. The molecule has 0 saturated heterocycles. The van der Waals surface area contributed by atoms with Gasteiger partial charge in [0.2, 0.25) is 5.89 Å². The number of nitrogens with zero attached hydrogens (tertiary/aromatic N) is 2. The second-order valence-electron chi connectivity index (χ2n) is 5.64. The van der Waals surface area contributed by atoms with Crippen LogP contribution in [0.25, 0.3) is 10.8 Å². The molecule has 0 amide bonds. The highest BCUT2D eigenvalue weighted by molar-refractivity contribution is 7.94. The first-order chi connectivity index (χ1) is 12.1. The maximum Gasteiger partial charge on any atom is 0.271 e. The van der Waals surface area contributed by atoms with Crippen LogP contribution in [0.3, 0.4) is 0 Å². The van der Waals surface area contributed by atoms with Crippen LogP contribution >= 0.6 is 11.3 Å². The van der Waals surface area contributed by atoms with Gasteiger partial charge in [-0.05, 0) is 37.1 Å². The molecule has 130 valence electrons. The van der Waals surface area contributed by atoms with E-state index in [9.17, 15) is 8.42 Å². The number of para-hydroxylation sites is 2. The molecule has 1 saturated carbocycles. The van der Waals surface area contributed by atoms with Crippen molar-refractivity contribution in [2.24, 2.45) is 0 Å². The molecule has 3 aromatic rings. The number of sulfonamides is 1. The number of hydrogen-bond donors (Lipinski definition) is 1. The summed E-state index contributed by atoms with van der Waals surface area (Å²) in [6.45, 7) is 0. The lowest BCUT2D eigenvalue weighted by atomic mass is 10.3. The molecule has 1 N–H and O–H groups in total. The third kappa shape index (κ3) is 3.24. The average Bonchev–Trinajstić information content (AvgIpc) is 3.12. The highest BCUT2D eigenvalue weighted by atomic mass is 32.2. The zero-order valence-electron chi connectivity index (χ0n) is 13.3. The Morgan fingerprint density at radius 3 is 2.76 bits per heavy atom. The quantitative estimate of drug-likeness (QED) is 0.707. The van der Waals surface area contributed by atoms with E-state index in [0.717, 1.165) is 24.2 Å². The molecule has 1 fully saturated rings. The van der Waals surface area contributed by atoms with E-state index in [1.54, 1.807) is 30.3 Å². The molecule has 25 heavy (non-hydrogen) atoms. The maximum atomic E-state index is 12.6. The molecule has 0 radical (unpaired) electrons. The van der Waals surface area contributed by atoms with Gasteiger partial charge in [-0.3, -0.25) is 4.72 Å². The Morgan fingerprint density at radius 2 is 2.00 bits per heavy atom. The van der Waals surface area contributed by atoms with E-state index < -0.39 is 10.0 Å². The number of anilines is 1. The molecule has 7 nitrogen and oxygen atoms in total. The number of benzene rings is 1. The number of aromatic nitrogens is 2. The Balaban J connectivity index is 1.59. The zero-order chi connectivity index (χ0) is 17.4. The van der Waals surface area contributed by atoms with E-state index in [4.69, 9.17) is 9.15 Å². The van der Waals surface area contributed by atoms with Crippen LogP contribution in [0.1, 0.15) is 24.7 Å². The minimum atomic E-state index is -3.73. The predicted octanol–water partition coefficient (Wildman–Crippen LogP) is 3.48. The van der Waals surface area contributed by atoms with Gasteiger partial charge in [0.15, 0.2) is 0 Å². The molecule has 0 spiro atoms. The van der Waals surface area contributed by atoms with E-state index in [0.29, 0.717) is 34.0 Å². The number of methoxy groups -OCH3 is 1. The van der Waals surface area contributed by atoms with Crippen LogP contribution in [-0.4, -0.2) is 25.7 Å². The van der Waals surface area contributed by atoms with Gasteiger partial charge >= 0.3 is 0 Å². The topological polar surface area (TPSA) is 94.3 Å². The highest BCUT2D eigenvalue weighted by Gasteiger charge is 2.30. The van der Waals surface area contributed by atoms with Crippen molar-refractivity contribution in [3.05, 3.63) is 42.3 Å². The molecule has 1 aliphatic rings. The fourth-order valence-electron chi connectivity index (χ4n) is 2.33. The SMILES string of the molecule is COc1ccccc1NS(=O)(=O)c1ccc(-c2nnc(C3CC3)o2)s1. The predicted molar refractivity (Wildman–Crippen MR) is 93.4 cm³/mol. The van der Waals surface area contributed by atoms with E-state index in [1.807, 2.05) is 0 Å². The second-order valence-corrected chi connectivity index (χ2v) is 8.64. The minimum Gasteiger partial charge on any atom is -0.495 e. The molecule has 0 bridgehead atoms. The van der Waals surface area contributed by atoms with Crippen molar-refractivity contribution >= 4 is 27.0 Å². The van der Waals surface area contributed by atoms with Gasteiger partial charge in [-0.2, -0.15) is 0 Å². The molecular weight excluding hydrogens is 362 g/mol. The standard InChI is InChI=1S/C16H15N3O4S2/c1-22-12-5-3-2-4-11(12)19-25(20,21)14-9-8-13(24-14)16-18-17-15(23-16)10-6-7-10/h2-5,8-10,19H,6-7H2,1H3. The van der Waals surface area contributed by atoms with Gasteiger partial charge in [0.1, 0.15) is 9.96 Å². The summed E-state index contributed by atoms with van der Waals surface area (Å²) in [6.07, 6.45) is 2.13. The van der Waals surface area contributed by atoms with Crippen LogP contribution in [-0.2, 0) is 10.0 Å². The number of hydrogen-bond acceptors (Lipinski definition) is 7. The molecule has 1 aromatic carbocycles. The summed E-state index contributed by atoms with van der Waals surface area (Å²) in [5, 5.41) is 8.04. The molecular formula is C16H15N3O4S2. The van der Waals surface area contributed by atoms with Crippen LogP contribution < -0.4 is 9.46 Å². The monoisotopic (exact) mass is 377 g/mol. The summed E-state index contributed by atoms with van der Waals surface area (Å²) in [6, 6.07) is 10.0. The third-order valence-electron chi connectivity index (χ3n) is 3.78. The average molecular weight is 377 g/mol. The van der Waals surface area contributed by atoms with Gasteiger partial charge in [0, 0.05) is 5.92 Å².